The van der Waals surface area contributed by atoms with E-state index in [0.717, 1.165) is 17.7 Å². The van der Waals surface area contributed by atoms with Crippen LogP contribution in [-0.4, -0.2) is 52.7 Å². The third kappa shape index (κ3) is 3.98. The number of ether oxygens (including phenoxy) is 1. The number of rotatable bonds is 5. The minimum Gasteiger partial charge on any atom is -0.497 e. The van der Waals surface area contributed by atoms with E-state index in [1.165, 1.54) is 11.1 Å². The van der Waals surface area contributed by atoms with Crippen molar-refractivity contribution in [3.05, 3.63) is 71.8 Å². The second-order valence-corrected chi connectivity index (χ2v) is 8.33. The number of nitrogens with zero attached hydrogens (tertiary/aromatic N) is 3. The Hall–Kier alpha value is -3.63. The second kappa shape index (κ2) is 8.38. The highest BCUT2D eigenvalue weighted by molar-refractivity contribution is 5.94. The average molecular weight is 452 g/mol. The smallest absolute Gasteiger partial charge is 0.340 e. The zero-order chi connectivity index (χ0) is 23.1. The lowest BCUT2D eigenvalue weighted by molar-refractivity contribution is -0.117. The number of carbonyl (C=O) groups excluding carboxylic acids is 2. The molecule has 172 valence electrons. The minimum atomic E-state index is -0.416. The molecule has 3 aliphatic heterocycles. The number of hydrogen-bond donors (Lipinski definition) is 3. The Kier molecular flexibility index (Phi) is 5.39. The van der Waals surface area contributed by atoms with Gasteiger partial charge in [0.25, 0.3) is 0 Å². The summed E-state index contributed by atoms with van der Waals surface area (Å²) in [5, 5.41) is 5.93. The van der Waals surface area contributed by atoms with Crippen molar-refractivity contribution >= 4 is 17.6 Å². The van der Waals surface area contributed by atoms with Crippen LogP contribution >= 0.6 is 0 Å². The van der Waals surface area contributed by atoms with E-state index < -0.39 is 11.7 Å². The number of halogens is 1. The summed E-state index contributed by atoms with van der Waals surface area (Å²) in [6.45, 7) is 1.45. The van der Waals surface area contributed by atoms with E-state index >= 15 is 0 Å². The van der Waals surface area contributed by atoms with Gasteiger partial charge in [-0.25, -0.2) is 25.0 Å². The van der Waals surface area contributed by atoms with Gasteiger partial charge in [-0.1, -0.05) is 18.2 Å². The first-order valence-corrected chi connectivity index (χ1v) is 10.7. The molecule has 10 heteroatoms. The molecular weight excluding hydrogens is 427 g/mol. The fraction of sp³-hybridized carbons (Fsp3) is 0.304. The number of urea groups is 1. The van der Waals surface area contributed by atoms with Gasteiger partial charge >= 0.3 is 6.03 Å². The largest absolute Gasteiger partial charge is 0.497 e. The molecule has 3 aliphatic rings. The van der Waals surface area contributed by atoms with Crippen LogP contribution in [0.3, 0.4) is 0 Å². The molecule has 0 aromatic heterocycles. The van der Waals surface area contributed by atoms with Gasteiger partial charge in [0.05, 0.1) is 19.2 Å². The number of hydrazine groups is 2. The lowest BCUT2D eigenvalue weighted by Crippen LogP contribution is -2.54. The van der Waals surface area contributed by atoms with Gasteiger partial charge in [0, 0.05) is 18.1 Å². The number of amides is 3. The molecule has 3 unspecified atom stereocenters. The van der Waals surface area contributed by atoms with Crippen LogP contribution < -0.4 is 20.9 Å². The topological polar surface area (TPSA) is 89.2 Å². The van der Waals surface area contributed by atoms with Gasteiger partial charge in [-0.05, 0) is 48.7 Å². The summed E-state index contributed by atoms with van der Waals surface area (Å²) in [7, 11) is 1.64. The summed E-state index contributed by atoms with van der Waals surface area (Å²) in [6.07, 6.45) is 3.99. The molecule has 2 fully saturated rings. The Balaban J connectivity index is 1.24. The molecule has 3 amide bonds. The maximum Gasteiger partial charge on any atom is 0.340 e. The molecule has 0 bridgehead atoms. The molecule has 0 aliphatic carbocycles. The van der Waals surface area contributed by atoms with Crippen molar-refractivity contribution in [3.8, 4) is 5.75 Å². The van der Waals surface area contributed by atoms with Crippen LogP contribution in [0.15, 0.2) is 54.9 Å². The Bertz CT molecular complexity index is 1110. The highest BCUT2D eigenvalue weighted by Gasteiger charge is 2.48. The number of aryl methyl sites for hydroxylation is 1. The molecule has 3 heterocycles. The normalized spacial score (nSPS) is 23.5. The lowest BCUT2D eigenvalue weighted by atomic mass is 10.00. The van der Waals surface area contributed by atoms with Crippen molar-refractivity contribution in [2.75, 3.05) is 19.0 Å². The van der Waals surface area contributed by atoms with Gasteiger partial charge in [0.1, 0.15) is 24.3 Å². The van der Waals surface area contributed by atoms with E-state index in [1.807, 2.05) is 35.5 Å². The summed E-state index contributed by atoms with van der Waals surface area (Å²) in [4.78, 5) is 27.0. The number of carbonyl (C=O) groups is 2. The first-order chi connectivity index (χ1) is 15.9. The number of benzene rings is 2. The third-order valence-corrected chi connectivity index (χ3v) is 6.21. The van der Waals surface area contributed by atoms with E-state index in [-0.39, 0.29) is 30.8 Å². The van der Waals surface area contributed by atoms with Gasteiger partial charge in [-0.3, -0.25) is 9.69 Å². The van der Waals surface area contributed by atoms with Crippen LogP contribution in [0.2, 0.25) is 0 Å². The standard InChI is InChI=1S/C23H25FN6O3/c1-14-3-6-16(11-18(14)24)25-21(31)13-30-23(32)28-9-10-29-20(22(28)27-30)12-19(26-29)15-4-7-17(33-2)8-5-15/h3-11,19-20,22,26-27H,12-13H2,1-2H3,(H,25,31). The van der Waals surface area contributed by atoms with Crippen LogP contribution in [0.4, 0.5) is 14.9 Å². The molecule has 2 aromatic carbocycles. The summed E-state index contributed by atoms with van der Waals surface area (Å²) in [5.41, 5.74) is 8.60. The van der Waals surface area contributed by atoms with Crippen molar-refractivity contribution in [2.24, 2.45) is 0 Å². The maximum atomic E-state index is 13.8. The number of anilines is 1. The first-order valence-electron chi connectivity index (χ1n) is 10.7. The number of methoxy groups -OCH3 is 1. The molecule has 5 rings (SSSR count). The maximum absolute atomic E-state index is 13.8. The average Bonchev–Trinajstić information content (AvgIpc) is 3.38. The molecule has 3 N–H and O–H groups in total. The fourth-order valence-electron chi connectivity index (χ4n) is 4.40. The van der Waals surface area contributed by atoms with Gasteiger partial charge in [0.2, 0.25) is 5.91 Å². The van der Waals surface area contributed by atoms with Crippen molar-refractivity contribution in [3.63, 3.8) is 0 Å². The van der Waals surface area contributed by atoms with Crippen molar-refractivity contribution in [1.29, 1.82) is 0 Å². The van der Waals surface area contributed by atoms with Crippen LogP contribution in [0.25, 0.3) is 0 Å². The third-order valence-electron chi connectivity index (χ3n) is 6.21. The predicted octanol–water partition coefficient (Wildman–Crippen LogP) is 2.45. The zero-order valence-electron chi connectivity index (χ0n) is 18.3. The van der Waals surface area contributed by atoms with Crippen LogP contribution in [0, 0.1) is 12.7 Å². The molecule has 3 atom stereocenters. The van der Waals surface area contributed by atoms with Crippen molar-refractivity contribution in [1.82, 2.24) is 25.8 Å². The number of fused-ring (bicyclic) bond motifs is 3. The quantitative estimate of drug-likeness (QED) is 0.646. The Morgan fingerprint density at radius 1 is 1.18 bits per heavy atom. The summed E-state index contributed by atoms with van der Waals surface area (Å²) < 4.78 is 19.0. The van der Waals surface area contributed by atoms with Crippen molar-refractivity contribution < 1.29 is 18.7 Å². The second-order valence-electron chi connectivity index (χ2n) is 8.33. The van der Waals surface area contributed by atoms with Gasteiger partial charge in [0.15, 0.2) is 0 Å². The molecule has 2 aromatic rings. The Labute approximate surface area is 190 Å². The molecule has 33 heavy (non-hydrogen) atoms. The fourth-order valence-corrected chi connectivity index (χ4v) is 4.40. The van der Waals surface area contributed by atoms with E-state index in [9.17, 15) is 14.0 Å². The highest BCUT2D eigenvalue weighted by Crippen LogP contribution is 2.35. The predicted molar refractivity (Wildman–Crippen MR) is 119 cm³/mol. The van der Waals surface area contributed by atoms with E-state index in [0.29, 0.717) is 11.3 Å². The van der Waals surface area contributed by atoms with E-state index in [2.05, 4.69) is 16.2 Å². The van der Waals surface area contributed by atoms with Crippen LogP contribution in [-0.2, 0) is 4.79 Å². The Morgan fingerprint density at radius 2 is 1.97 bits per heavy atom. The van der Waals surface area contributed by atoms with Gasteiger partial charge in [-0.2, -0.15) is 0 Å². The molecule has 2 saturated heterocycles. The zero-order valence-corrected chi connectivity index (χ0v) is 18.3. The molecular formula is C23H25FN6O3. The molecule has 0 radical (unpaired) electrons. The summed E-state index contributed by atoms with van der Waals surface area (Å²) in [6, 6.07) is 12.1. The van der Waals surface area contributed by atoms with Gasteiger partial charge in [-0.15, -0.1) is 0 Å². The lowest BCUT2D eigenvalue weighted by Gasteiger charge is -2.34. The van der Waals surface area contributed by atoms with E-state index in [1.54, 1.807) is 37.3 Å². The number of hydrogen-bond acceptors (Lipinski definition) is 6. The highest BCUT2D eigenvalue weighted by atomic mass is 19.1. The first kappa shape index (κ1) is 21.2. The summed E-state index contributed by atoms with van der Waals surface area (Å²) >= 11 is 0. The summed E-state index contributed by atoms with van der Waals surface area (Å²) in [5.74, 6) is -0.0167. The van der Waals surface area contributed by atoms with Crippen LogP contribution in [0.5, 0.6) is 5.75 Å². The molecule has 0 spiro atoms. The van der Waals surface area contributed by atoms with Crippen molar-refractivity contribution in [2.45, 2.75) is 31.6 Å². The van der Waals surface area contributed by atoms with Crippen LogP contribution in [0.1, 0.15) is 23.6 Å². The molecule has 0 saturated carbocycles. The minimum absolute atomic E-state index is 0.0229. The SMILES string of the molecule is COc1ccc(C2CC3C4NN(CC(=O)Nc5ccc(C)c(F)c5)C(=O)N4C=CN3N2)cc1. The van der Waals surface area contributed by atoms with Gasteiger partial charge < -0.3 is 15.1 Å². The monoisotopic (exact) mass is 452 g/mol. The number of nitrogens with one attached hydrogen (secondary N) is 3. The van der Waals surface area contributed by atoms with E-state index in [4.69, 9.17) is 4.74 Å². The Morgan fingerprint density at radius 3 is 2.70 bits per heavy atom. The molecule has 9 nitrogen and oxygen atoms in total.